The van der Waals surface area contributed by atoms with Crippen LogP contribution in [-0.4, -0.2) is 18.5 Å². The third kappa shape index (κ3) is 4.21. The number of hydrogen-bond acceptors (Lipinski definition) is 2. The van der Waals surface area contributed by atoms with Crippen molar-refractivity contribution in [3.05, 3.63) is 29.8 Å². The number of hydrogen-bond donors (Lipinski definition) is 2. The van der Waals surface area contributed by atoms with Gasteiger partial charge in [-0.05, 0) is 19.1 Å². The fourth-order valence-electron chi connectivity index (χ4n) is 1.45. The first-order chi connectivity index (χ1) is 8.86. The molecule has 1 aromatic rings. The van der Waals surface area contributed by atoms with Crippen molar-refractivity contribution in [3.63, 3.8) is 0 Å². The Morgan fingerprint density at radius 2 is 2.05 bits per heavy atom. The zero-order chi connectivity index (χ0) is 14.5. The molecule has 0 fully saturated rings. The number of halogens is 3. The van der Waals surface area contributed by atoms with E-state index in [9.17, 15) is 18.0 Å². The number of carbonyl (C=O) groups is 1. The second kappa shape index (κ2) is 6.14. The molecule has 0 aliphatic heterocycles. The summed E-state index contributed by atoms with van der Waals surface area (Å²) in [6, 6.07) is 4.15. The molecule has 6 heteroatoms. The molecule has 1 atom stereocenters. The average molecular weight is 270 g/mol. The van der Waals surface area contributed by atoms with Crippen LogP contribution in [0, 0.1) is 12.3 Å². The monoisotopic (exact) mass is 270 g/mol. The number of anilines is 1. The van der Waals surface area contributed by atoms with Crippen LogP contribution in [0.1, 0.15) is 12.5 Å². The molecule has 0 heterocycles. The van der Waals surface area contributed by atoms with E-state index >= 15 is 0 Å². The van der Waals surface area contributed by atoms with E-state index in [1.807, 2.05) is 0 Å². The highest BCUT2D eigenvalue weighted by atomic mass is 19.4. The number of carbonyl (C=O) groups excluding carboxylic acids is 1. The molecular weight excluding hydrogens is 257 g/mol. The molecule has 2 N–H and O–H groups in total. The smallest absolute Gasteiger partial charge is 0.373 e. The highest BCUT2D eigenvalue weighted by Gasteiger charge is 2.33. The molecule has 1 amide bonds. The third-order valence-electron chi connectivity index (χ3n) is 2.36. The summed E-state index contributed by atoms with van der Waals surface area (Å²) in [5.41, 5.74) is -0.954. The van der Waals surface area contributed by atoms with Crippen molar-refractivity contribution in [2.45, 2.75) is 19.1 Å². The van der Waals surface area contributed by atoms with Crippen molar-refractivity contribution in [1.82, 2.24) is 5.32 Å². The molecule has 0 saturated heterocycles. The lowest BCUT2D eigenvalue weighted by Gasteiger charge is -2.18. The normalized spacial score (nSPS) is 12.4. The van der Waals surface area contributed by atoms with Gasteiger partial charge in [0.25, 0.3) is 0 Å². The van der Waals surface area contributed by atoms with Gasteiger partial charge in [-0.2, -0.15) is 13.2 Å². The van der Waals surface area contributed by atoms with Crippen molar-refractivity contribution in [2.24, 2.45) is 0 Å². The van der Waals surface area contributed by atoms with Gasteiger partial charge in [-0.25, -0.2) is 0 Å². The predicted molar refractivity (Wildman–Crippen MR) is 66.4 cm³/mol. The Morgan fingerprint density at radius 3 is 2.63 bits per heavy atom. The van der Waals surface area contributed by atoms with E-state index < -0.39 is 23.7 Å². The van der Waals surface area contributed by atoms with Gasteiger partial charge in [0.2, 0.25) is 5.91 Å². The van der Waals surface area contributed by atoms with E-state index in [0.717, 1.165) is 6.07 Å². The minimum Gasteiger partial charge on any atom is -0.373 e. The van der Waals surface area contributed by atoms with Gasteiger partial charge in [-0.15, -0.1) is 6.42 Å². The van der Waals surface area contributed by atoms with Gasteiger partial charge < -0.3 is 10.6 Å². The Kier molecular flexibility index (Phi) is 4.81. The van der Waals surface area contributed by atoms with Gasteiger partial charge in [0, 0.05) is 5.69 Å². The Balaban J connectivity index is 2.83. The largest absolute Gasteiger partial charge is 0.418 e. The van der Waals surface area contributed by atoms with Crippen LogP contribution >= 0.6 is 0 Å². The van der Waals surface area contributed by atoms with E-state index in [2.05, 4.69) is 16.6 Å². The summed E-state index contributed by atoms with van der Waals surface area (Å²) in [5, 5.41) is 4.92. The van der Waals surface area contributed by atoms with Crippen LogP contribution in [0.4, 0.5) is 18.9 Å². The lowest BCUT2D eigenvalue weighted by Crippen LogP contribution is -2.38. The zero-order valence-corrected chi connectivity index (χ0v) is 10.2. The molecule has 19 heavy (non-hydrogen) atoms. The molecular formula is C13H13F3N2O. The number of alkyl halides is 3. The van der Waals surface area contributed by atoms with Crippen LogP contribution in [-0.2, 0) is 11.0 Å². The van der Waals surface area contributed by atoms with Crippen LogP contribution in [0.25, 0.3) is 0 Å². The Hall–Kier alpha value is -2.16. The maximum absolute atomic E-state index is 12.7. The van der Waals surface area contributed by atoms with Crippen LogP contribution in [0.15, 0.2) is 24.3 Å². The van der Waals surface area contributed by atoms with Gasteiger partial charge in [-0.1, -0.05) is 18.1 Å². The topological polar surface area (TPSA) is 41.1 Å². The van der Waals surface area contributed by atoms with Crippen LogP contribution in [0.3, 0.4) is 0 Å². The molecule has 1 unspecified atom stereocenters. The molecule has 0 aliphatic rings. The van der Waals surface area contributed by atoms with E-state index in [1.54, 1.807) is 0 Å². The van der Waals surface area contributed by atoms with E-state index in [4.69, 9.17) is 6.42 Å². The highest BCUT2D eigenvalue weighted by molar-refractivity contribution is 5.84. The number of rotatable bonds is 4. The Labute approximate surface area is 109 Å². The summed E-state index contributed by atoms with van der Waals surface area (Å²) in [5.74, 6) is 1.75. The van der Waals surface area contributed by atoms with E-state index in [-0.39, 0.29) is 12.2 Å². The molecule has 0 bridgehead atoms. The molecule has 102 valence electrons. The van der Waals surface area contributed by atoms with Gasteiger partial charge in [0.05, 0.1) is 12.1 Å². The number of para-hydroxylation sites is 1. The van der Waals surface area contributed by atoms with Crippen LogP contribution in [0.5, 0.6) is 0 Å². The van der Waals surface area contributed by atoms with Crippen molar-refractivity contribution in [1.29, 1.82) is 0 Å². The second-order valence-electron chi connectivity index (χ2n) is 3.83. The molecule has 0 saturated carbocycles. The third-order valence-corrected chi connectivity index (χ3v) is 2.36. The molecule has 0 spiro atoms. The molecule has 0 aromatic heterocycles. The fraction of sp³-hybridized carbons (Fsp3) is 0.308. The summed E-state index contributed by atoms with van der Waals surface area (Å²) in [6.45, 7) is 1.49. The standard InChI is InChI=1S/C13H13F3N2O/c1-3-8-17-12(19)9(2)18-11-7-5-4-6-10(11)13(14,15)16/h1,4-7,9,18H,8H2,2H3,(H,17,19). The number of nitrogens with one attached hydrogen (secondary N) is 2. The Bertz CT molecular complexity index is 491. The summed E-state index contributed by atoms with van der Waals surface area (Å²) < 4.78 is 38.2. The fourth-order valence-corrected chi connectivity index (χ4v) is 1.45. The maximum atomic E-state index is 12.7. The van der Waals surface area contributed by atoms with Crippen LogP contribution in [0.2, 0.25) is 0 Å². The summed E-state index contributed by atoms with van der Waals surface area (Å²) in [7, 11) is 0. The number of amides is 1. The summed E-state index contributed by atoms with van der Waals surface area (Å²) in [6.07, 6.45) is 0.503. The van der Waals surface area contributed by atoms with Crippen molar-refractivity contribution in [3.8, 4) is 12.3 Å². The number of benzene rings is 1. The number of terminal acetylenes is 1. The quantitative estimate of drug-likeness (QED) is 0.824. The summed E-state index contributed by atoms with van der Waals surface area (Å²) >= 11 is 0. The maximum Gasteiger partial charge on any atom is 0.418 e. The molecule has 1 aromatic carbocycles. The lowest BCUT2D eigenvalue weighted by molar-refractivity contribution is -0.137. The van der Waals surface area contributed by atoms with Crippen LogP contribution < -0.4 is 10.6 Å². The first kappa shape index (κ1) is 14.9. The average Bonchev–Trinajstić information content (AvgIpc) is 2.35. The molecule has 0 radical (unpaired) electrons. The van der Waals surface area contributed by atoms with Crippen molar-refractivity contribution >= 4 is 11.6 Å². The molecule has 0 aliphatic carbocycles. The van der Waals surface area contributed by atoms with Gasteiger partial charge in [-0.3, -0.25) is 4.79 Å². The van der Waals surface area contributed by atoms with E-state index in [1.165, 1.54) is 25.1 Å². The van der Waals surface area contributed by atoms with Gasteiger partial charge in [0.1, 0.15) is 6.04 Å². The first-order valence-electron chi connectivity index (χ1n) is 5.50. The predicted octanol–water partition coefficient (Wildman–Crippen LogP) is 2.26. The van der Waals surface area contributed by atoms with Gasteiger partial charge in [0.15, 0.2) is 0 Å². The SMILES string of the molecule is C#CCNC(=O)C(C)Nc1ccccc1C(F)(F)F. The summed E-state index contributed by atoms with van der Waals surface area (Å²) in [4.78, 5) is 11.5. The minimum absolute atomic E-state index is 0.0335. The zero-order valence-electron chi connectivity index (χ0n) is 10.2. The second-order valence-corrected chi connectivity index (χ2v) is 3.83. The molecule has 1 rings (SSSR count). The Morgan fingerprint density at radius 1 is 1.42 bits per heavy atom. The van der Waals surface area contributed by atoms with Crippen molar-refractivity contribution < 1.29 is 18.0 Å². The lowest BCUT2D eigenvalue weighted by atomic mass is 10.1. The minimum atomic E-state index is -4.47. The first-order valence-corrected chi connectivity index (χ1v) is 5.50. The van der Waals surface area contributed by atoms with E-state index in [0.29, 0.717) is 0 Å². The molecule has 3 nitrogen and oxygen atoms in total. The van der Waals surface area contributed by atoms with Gasteiger partial charge >= 0.3 is 6.18 Å². The van der Waals surface area contributed by atoms with Crippen molar-refractivity contribution in [2.75, 3.05) is 11.9 Å². The highest BCUT2D eigenvalue weighted by Crippen LogP contribution is 2.34.